The van der Waals surface area contributed by atoms with Crippen LogP contribution in [0.4, 0.5) is 4.39 Å². The number of nitrogens with one attached hydrogen (secondary N) is 1. The summed E-state index contributed by atoms with van der Waals surface area (Å²) in [5.74, 6) is -2.70. The molecule has 0 bridgehead atoms. The second kappa shape index (κ2) is 9.46. The maximum absolute atomic E-state index is 13.5. The maximum Gasteiger partial charge on any atom is 0.319 e. The number of ether oxygens (including phenoxy) is 2. The Balaban J connectivity index is 2.01. The zero-order valence-corrected chi connectivity index (χ0v) is 17.2. The summed E-state index contributed by atoms with van der Waals surface area (Å²) in [7, 11) is 2.73. The number of thioether (sulfide) groups is 1. The van der Waals surface area contributed by atoms with Crippen molar-refractivity contribution in [3.63, 3.8) is 0 Å². The van der Waals surface area contributed by atoms with E-state index >= 15 is 0 Å². The first-order valence-electron chi connectivity index (χ1n) is 9.02. The van der Waals surface area contributed by atoms with Gasteiger partial charge < -0.3 is 14.8 Å². The van der Waals surface area contributed by atoms with Crippen LogP contribution in [0.5, 0.6) is 5.75 Å². The van der Waals surface area contributed by atoms with Crippen LogP contribution >= 0.6 is 11.8 Å². The Morgan fingerprint density at radius 2 is 1.97 bits per heavy atom. The fraction of sp³-hybridized carbons (Fsp3) is 0.227. The van der Waals surface area contributed by atoms with Gasteiger partial charge in [-0.05, 0) is 35.4 Å². The van der Waals surface area contributed by atoms with Gasteiger partial charge in [0.2, 0.25) is 5.91 Å². The minimum absolute atomic E-state index is 0.247. The van der Waals surface area contributed by atoms with Crippen LogP contribution < -0.4 is 10.1 Å². The van der Waals surface area contributed by atoms with E-state index < -0.39 is 23.7 Å². The van der Waals surface area contributed by atoms with Crippen LogP contribution in [0.3, 0.4) is 0 Å². The highest BCUT2D eigenvalue weighted by molar-refractivity contribution is 8.02. The van der Waals surface area contributed by atoms with Crippen LogP contribution in [-0.2, 0) is 20.1 Å². The van der Waals surface area contributed by atoms with E-state index in [0.29, 0.717) is 27.7 Å². The molecular weight excluding hydrogens is 407 g/mol. The summed E-state index contributed by atoms with van der Waals surface area (Å²) in [5, 5.41) is 12.9. The van der Waals surface area contributed by atoms with Crippen molar-refractivity contribution >= 4 is 23.6 Å². The molecule has 6 nitrogen and oxygen atoms in total. The Bertz CT molecular complexity index is 1030. The number of methoxy groups -OCH3 is 2. The van der Waals surface area contributed by atoms with E-state index in [1.165, 1.54) is 38.1 Å². The number of rotatable bonds is 6. The lowest BCUT2D eigenvalue weighted by Gasteiger charge is -2.31. The Labute approximate surface area is 177 Å². The van der Waals surface area contributed by atoms with Gasteiger partial charge in [0.15, 0.2) is 0 Å². The molecule has 0 unspecified atom stereocenters. The molecule has 0 spiro atoms. The van der Waals surface area contributed by atoms with Crippen LogP contribution in [0.2, 0.25) is 0 Å². The van der Waals surface area contributed by atoms with Crippen molar-refractivity contribution in [2.24, 2.45) is 5.92 Å². The zero-order valence-electron chi connectivity index (χ0n) is 16.3. The third-order valence-corrected chi connectivity index (χ3v) is 5.82. The van der Waals surface area contributed by atoms with Gasteiger partial charge in [0.05, 0.1) is 30.9 Å². The molecule has 2 aromatic rings. The van der Waals surface area contributed by atoms with Crippen LogP contribution in [0.1, 0.15) is 17.0 Å². The number of amides is 1. The molecule has 0 aliphatic carbocycles. The Morgan fingerprint density at radius 3 is 2.57 bits per heavy atom. The minimum atomic E-state index is -1.20. The first-order chi connectivity index (χ1) is 14.5. The molecule has 1 aliphatic rings. The number of hydrogen-bond acceptors (Lipinski definition) is 6. The van der Waals surface area contributed by atoms with Gasteiger partial charge in [-0.3, -0.25) is 9.59 Å². The van der Waals surface area contributed by atoms with Crippen molar-refractivity contribution in [2.75, 3.05) is 14.2 Å². The van der Waals surface area contributed by atoms with Crippen LogP contribution in [0.15, 0.2) is 59.1 Å². The van der Waals surface area contributed by atoms with Crippen molar-refractivity contribution in [1.82, 2.24) is 5.32 Å². The highest BCUT2D eigenvalue weighted by Crippen LogP contribution is 2.41. The van der Waals surface area contributed by atoms with E-state index in [1.54, 1.807) is 36.4 Å². The molecule has 8 heteroatoms. The van der Waals surface area contributed by atoms with Crippen molar-refractivity contribution in [2.45, 2.75) is 11.7 Å². The van der Waals surface area contributed by atoms with Gasteiger partial charge in [0.1, 0.15) is 17.5 Å². The molecule has 2 aromatic carbocycles. The maximum atomic E-state index is 13.5. The molecule has 0 saturated heterocycles. The van der Waals surface area contributed by atoms with Crippen molar-refractivity contribution in [3.05, 3.63) is 76.1 Å². The molecule has 30 heavy (non-hydrogen) atoms. The minimum Gasteiger partial charge on any atom is -0.497 e. The van der Waals surface area contributed by atoms with Crippen molar-refractivity contribution in [3.8, 4) is 11.8 Å². The number of carbonyl (C=O) groups is 2. The number of nitriles is 1. The standard InChI is InChI=1S/C22H19FN2O4S/c1-28-16-8-6-14(7-9-16)18-17(11-24)21(25-20(26)19(18)22(27)29-2)30-12-13-4-3-5-15(23)10-13/h3-10,18-19H,12H2,1-2H3,(H,25,26)/t18-,19-/m1/s1. The quantitative estimate of drug-likeness (QED) is 0.562. The van der Waals surface area contributed by atoms with Crippen LogP contribution in [0, 0.1) is 23.1 Å². The van der Waals surface area contributed by atoms with Gasteiger partial charge in [-0.25, -0.2) is 4.39 Å². The summed E-state index contributed by atoms with van der Waals surface area (Å²) in [6, 6.07) is 15.0. The highest BCUT2D eigenvalue weighted by atomic mass is 32.2. The molecule has 3 rings (SSSR count). The zero-order chi connectivity index (χ0) is 21.7. The molecule has 0 aromatic heterocycles. The number of hydrogen-bond donors (Lipinski definition) is 1. The number of halogens is 1. The van der Waals surface area contributed by atoms with Crippen LogP contribution in [0.25, 0.3) is 0 Å². The molecular formula is C22H19FN2O4S. The smallest absolute Gasteiger partial charge is 0.319 e. The normalized spacial score (nSPS) is 18.4. The summed E-state index contributed by atoms with van der Waals surface area (Å²) in [6.45, 7) is 0. The Hall–Kier alpha value is -3.31. The average molecular weight is 426 g/mol. The SMILES string of the molecule is COC(=O)[C@H]1C(=O)NC(SCc2cccc(F)c2)=C(C#N)[C@H]1c1ccc(OC)cc1. The van der Waals surface area contributed by atoms with Crippen molar-refractivity contribution in [1.29, 1.82) is 5.26 Å². The number of carbonyl (C=O) groups excluding carboxylic acids is 2. The second-order valence-corrected chi connectivity index (χ2v) is 7.50. The third-order valence-electron chi connectivity index (χ3n) is 4.73. The summed E-state index contributed by atoms with van der Waals surface area (Å²) in [6.07, 6.45) is 0. The summed E-state index contributed by atoms with van der Waals surface area (Å²) >= 11 is 1.20. The molecule has 2 atom stereocenters. The molecule has 1 aliphatic heterocycles. The van der Waals surface area contributed by atoms with Gasteiger partial charge in [-0.2, -0.15) is 5.26 Å². The molecule has 154 valence electrons. The number of benzene rings is 2. The topological polar surface area (TPSA) is 88.4 Å². The van der Waals surface area contributed by atoms with Crippen LogP contribution in [-0.4, -0.2) is 26.1 Å². The largest absolute Gasteiger partial charge is 0.497 e. The van der Waals surface area contributed by atoms with E-state index in [2.05, 4.69) is 11.4 Å². The average Bonchev–Trinajstić information content (AvgIpc) is 2.76. The lowest BCUT2D eigenvalue weighted by molar-refractivity contribution is -0.150. The monoisotopic (exact) mass is 426 g/mol. The van der Waals surface area contributed by atoms with Gasteiger partial charge >= 0.3 is 5.97 Å². The third kappa shape index (κ3) is 4.47. The molecule has 1 N–H and O–H groups in total. The van der Waals surface area contributed by atoms with Gasteiger partial charge in [-0.15, -0.1) is 11.8 Å². The Morgan fingerprint density at radius 1 is 1.23 bits per heavy atom. The number of nitrogens with zero attached hydrogens (tertiary/aromatic N) is 1. The fourth-order valence-corrected chi connectivity index (χ4v) is 4.26. The highest BCUT2D eigenvalue weighted by Gasteiger charge is 2.44. The van der Waals surface area contributed by atoms with E-state index in [1.807, 2.05) is 0 Å². The van der Waals surface area contributed by atoms with E-state index in [0.717, 1.165) is 0 Å². The lowest BCUT2D eigenvalue weighted by Crippen LogP contribution is -2.44. The molecule has 0 fully saturated rings. The molecule has 0 saturated carbocycles. The number of allylic oxidation sites excluding steroid dienone is 1. The van der Waals surface area contributed by atoms with E-state index in [-0.39, 0.29) is 11.4 Å². The van der Waals surface area contributed by atoms with E-state index in [9.17, 15) is 19.2 Å². The first-order valence-corrected chi connectivity index (χ1v) is 10.0. The number of esters is 1. The summed E-state index contributed by atoms with van der Waals surface area (Å²) in [5.41, 5.74) is 1.56. The predicted octanol–water partition coefficient (Wildman–Crippen LogP) is 3.51. The molecule has 1 amide bonds. The predicted molar refractivity (Wildman–Crippen MR) is 110 cm³/mol. The molecule has 0 radical (unpaired) electrons. The van der Waals surface area contributed by atoms with Crippen molar-refractivity contribution < 1.29 is 23.5 Å². The van der Waals surface area contributed by atoms with Gasteiger partial charge in [0, 0.05) is 11.7 Å². The first kappa shape index (κ1) is 21.4. The molecule has 1 heterocycles. The second-order valence-electron chi connectivity index (χ2n) is 6.51. The Kier molecular flexibility index (Phi) is 6.75. The van der Waals surface area contributed by atoms with E-state index in [4.69, 9.17) is 9.47 Å². The fourth-order valence-electron chi connectivity index (χ4n) is 3.27. The van der Waals surface area contributed by atoms with Gasteiger partial charge in [-0.1, -0.05) is 24.3 Å². The summed E-state index contributed by atoms with van der Waals surface area (Å²) in [4.78, 5) is 25.2. The summed E-state index contributed by atoms with van der Waals surface area (Å²) < 4.78 is 23.4. The van der Waals surface area contributed by atoms with Gasteiger partial charge in [0.25, 0.3) is 0 Å². The lowest BCUT2D eigenvalue weighted by atomic mass is 9.78.